The lowest BCUT2D eigenvalue weighted by Crippen LogP contribution is -2.20. The summed E-state index contributed by atoms with van der Waals surface area (Å²) < 4.78 is 5.47. The third-order valence-electron chi connectivity index (χ3n) is 7.78. The number of carbonyl (C=O) groups is 1. The molecule has 226 valence electrons. The van der Waals surface area contributed by atoms with E-state index < -0.39 is 0 Å². The molecule has 0 saturated carbocycles. The molecule has 0 amide bonds. The van der Waals surface area contributed by atoms with Gasteiger partial charge in [-0.15, -0.1) is 0 Å². The van der Waals surface area contributed by atoms with Crippen molar-refractivity contribution in [3.05, 3.63) is 22.8 Å². The molecule has 1 aromatic rings. The molecule has 0 atom stereocenters. The molecule has 2 N–H and O–H groups in total. The van der Waals surface area contributed by atoms with E-state index in [2.05, 4.69) is 6.92 Å². The summed E-state index contributed by atoms with van der Waals surface area (Å²) in [5.74, 6) is 0.132. The van der Waals surface area contributed by atoms with Crippen LogP contribution in [0.5, 0.6) is 11.5 Å². The van der Waals surface area contributed by atoms with E-state index in [0.717, 1.165) is 24.0 Å². The third-order valence-corrected chi connectivity index (χ3v) is 7.78. The molecule has 0 fully saturated rings. The number of phenolic OH excluding ortho intramolecular Hbond substituents is 2. The van der Waals surface area contributed by atoms with E-state index >= 15 is 0 Å². The zero-order chi connectivity index (χ0) is 29.3. The van der Waals surface area contributed by atoms with Crippen molar-refractivity contribution in [3.63, 3.8) is 0 Å². The van der Waals surface area contributed by atoms with Gasteiger partial charge in [-0.1, -0.05) is 145 Å². The van der Waals surface area contributed by atoms with Gasteiger partial charge in [0, 0.05) is 23.1 Å². The Morgan fingerprint density at radius 1 is 0.692 bits per heavy atom. The summed E-state index contributed by atoms with van der Waals surface area (Å²) >= 11 is 0. The normalized spacial score (nSPS) is 12.2. The van der Waals surface area contributed by atoms with Gasteiger partial charge in [-0.3, -0.25) is 4.79 Å². The van der Waals surface area contributed by atoms with Gasteiger partial charge < -0.3 is 14.9 Å². The molecule has 0 heterocycles. The largest absolute Gasteiger partial charge is 0.508 e. The average Bonchev–Trinajstić information content (AvgIpc) is 2.84. The maximum atomic E-state index is 12.4. The molecule has 4 heteroatoms. The predicted octanol–water partition coefficient (Wildman–Crippen LogP) is 10.4. The zero-order valence-corrected chi connectivity index (χ0v) is 26.7. The fourth-order valence-electron chi connectivity index (χ4n) is 5.47. The Hall–Kier alpha value is -1.71. The highest BCUT2D eigenvalue weighted by Crippen LogP contribution is 2.45. The van der Waals surface area contributed by atoms with E-state index in [1.165, 1.54) is 89.9 Å². The Morgan fingerprint density at radius 2 is 1.13 bits per heavy atom. The molecule has 0 unspecified atom stereocenters. The maximum absolute atomic E-state index is 12.4. The molecule has 4 nitrogen and oxygen atoms in total. The van der Waals surface area contributed by atoms with Crippen molar-refractivity contribution in [3.8, 4) is 11.5 Å². The van der Waals surface area contributed by atoms with Crippen LogP contribution in [0.15, 0.2) is 6.07 Å². The first-order chi connectivity index (χ1) is 18.4. The minimum absolute atomic E-state index is 0.147. The molecule has 0 bridgehead atoms. The molecule has 0 aromatic heterocycles. The maximum Gasteiger partial charge on any atom is 0.306 e. The molecule has 0 aliphatic heterocycles. The van der Waals surface area contributed by atoms with Gasteiger partial charge in [-0.25, -0.2) is 0 Å². The minimum Gasteiger partial charge on any atom is -0.508 e. The van der Waals surface area contributed by atoms with Crippen LogP contribution in [0.1, 0.15) is 174 Å². The zero-order valence-electron chi connectivity index (χ0n) is 26.7. The van der Waals surface area contributed by atoms with Gasteiger partial charge in [0.15, 0.2) is 0 Å². The first-order valence-electron chi connectivity index (χ1n) is 16.1. The van der Waals surface area contributed by atoms with Crippen LogP contribution in [0, 0.1) is 0 Å². The predicted molar refractivity (Wildman–Crippen MR) is 166 cm³/mol. The third kappa shape index (κ3) is 14.5. The van der Waals surface area contributed by atoms with Crippen LogP contribution in [0.25, 0.3) is 0 Å². The van der Waals surface area contributed by atoms with E-state index in [1.54, 1.807) is 6.07 Å². The van der Waals surface area contributed by atoms with Gasteiger partial charge in [-0.2, -0.15) is 0 Å². The molecule has 0 aliphatic carbocycles. The van der Waals surface area contributed by atoms with Crippen molar-refractivity contribution in [2.24, 2.45) is 0 Å². The van der Waals surface area contributed by atoms with Crippen LogP contribution in [-0.2, 0) is 26.8 Å². The summed E-state index contributed by atoms with van der Waals surface area (Å²) in [7, 11) is 0. The molecule has 0 saturated heterocycles. The lowest BCUT2D eigenvalue weighted by atomic mass is 9.76. The fourth-order valence-corrected chi connectivity index (χ4v) is 5.47. The van der Waals surface area contributed by atoms with Crippen molar-refractivity contribution in [1.82, 2.24) is 0 Å². The lowest BCUT2D eigenvalue weighted by Gasteiger charge is -2.30. The number of rotatable bonds is 20. The van der Waals surface area contributed by atoms with E-state index in [4.69, 9.17) is 4.74 Å². The highest BCUT2D eigenvalue weighted by Gasteiger charge is 2.30. The summed E-state index contributed by atoms with van der Waals surface area (Å²) in [6.45, 7) is 14.9. The number of ether oxygens (including phenoxy) is 1. The van der Waals surface area contributed by atoms with Crippen molar-refractivity contribution >= 4 is 5.97 Å². The second-order valence-electron chi connectivity index (χ2n) is 13.7. The first kappa shape index (κ1) is 35.3. The number of aromatic hydroxyl groups is 2. The number of phenols is 2. The highest BCUT2D eigenvalue weighted by atomic mass is 16.5. The van der Waals surface area contributed by atoms with Gasteiger partial charge in [0.05, 0.1) is 6.61 Å². The molecule has 1 rings (SSSR count). The van der Waals surface area contributed by atoms with E-state index in [-0.39, 0.29) is 34.7 Å². The topological polar surface area (TPSA) is 66.8 Å². The van der Waals surface area contributed by atoms with Gasteiger partial charge >= 0.3 is 5.97 Å². The average molecular weight is 547 g/mol. The van der Waals surface area contributed by atoms with Gasteiger partial charge in [-0.05, 0) is 29.7 Å². The van der Waals surface area contributed by atoms with Crippen LogP contribution in [0.2, 0.25) is 0 Å². The number of unbranched alkanes of at least 4 members (excludes halogenated alkanes) is 15. The van der Waals surface area contributed by atoms with Crippen LogP contribution in [0.4, 0.5) is 0 Å². The summed E-state index contributed by atoms with van der Waals surface area (Å²) in [6.07, 6.45) is 21.7. The number of hydrogen-bond acceptors (Lipinski definition) is 4. The number of benzene rings is 1. The Morgan fingerprint density at radius 3 is 1.54 bits per heavy atom. The summed E-state index contributed by atoms with van der Waals surface area (Å²) in [6, 6.07) is 1.65. The van der Waals surface area contributed by atoms with Crippen molar-refractivity contribution < 1.29 is 19.7 Å². The summed E-state index contributed by atoms with van der Waals surface area (Å²) in [5, 5.41) is 21.9. The van der Waals surface area contributed by atoms with Gasteiger partial charge in [0.25, 0.3) is 0 Å². The van der Waals surface area contributed by atoms with Gasteiger partial charge in [0.1, 0.15) is 11.5 Å². The quantitative estimate of drug-likeness (QED) is 0.0969. The molecule has 0 spiro atoms. The molecular formula is C35H62O4. The molecule has 39 heavy (non-hydrogen) atoms. The van der Waals surface area contributed by atoms with Crippen LogP contribution < -0.4 is 0 Å². The minimum atomic E-state index is -0.365. The standard InChI is InChI=1S/C35H62O4/c1-8-9-10-11-12-13-14-15-16-17-18-19-20-21-22-23-26-39-31(37)25-24-28-30(36)27-29(34(2,3)4)33(38)32(28)35(5,6)7/h27,36,38H,8-26H2,1-7H3. The molecule has 0 aliphatic rings. The van der Waals surface area contributed by atoms with Crippen molar-refractivity contribution in [1.29, 1.82) is 0 Å². The Labute approximate surface area is 241 Å². The van der Waals surface area contributed by atoms with Crippen LogP contribution in [0.3, 0.4) is 0 Å². The number of carbonyl (C=O) groups excluding carboxylic acids is 1. The van der Waals surface area contributed by atoms with E-state index in [1.807, 2.05) is 41.5 Å². The molecule has 1 aromatic carbocycles. The van der Waals surface area contributed by atoms with Crippen molar-refractivity contribution in [2.75, 3.05) is 6.61 Å². The second-order valence-corrected chi connectivity index (χ2v) is 13.7. The Bertz CT molecular complexity index is 813. The lowest BCUT2D eigenvalue weighted by molar-refractivity contribution is -0.143. The summed E-state index contributed by atoms with van der Waals surface area (Å²) in [4.78, 5) is 12.4. The van der Waals surface area contributed by atoms with E-state index in [0.29, 0.717) is 18.6 Å². The smallest absolute Gasteiger partial charge is 0.306 e. The monoisotopic (exact) mass is 546 g/mol. The second kappa shape index (κ2) is 18.6. The molecule has 0 radical (unpaired) electrons. The van der Waals surface area contributed by atoms with Crippen LogP contribution >= 0.6 is 0 Å². The van der Waals surface area contributed by atoms with Crippen LogP contribution in [-0.4, -0.2) is 22.8 Å². The van der Waals surface area contributed by atoms with E-state index in [9.17, 15) is 15.0 Å². The number of esters is 1. The summed E-state index contributed by atoms with van der Waals surface area (Å²) in [5.41, 5.74) is 1.42. The molecular weight excluding hydrogens is 484 g/mol. The SMILES string of the molecule is CCCCCCCCCCCCCCCCCCOC(=O)CCc1c(O)cc(C(C)(C)C)c(O)c1C(C)(C)C. The number of hydrogen-bond donors (Lipinski definition) is 2. The Kier molecular flexibility index (Phi) is 16.8. The van der Waals surface area contributed by atoms with Gasteiger partial charge in [0.2, 0.25) is 0 Å². The fraction of sp³-hybridized carbons (Fsp3) is 0.800. The van der Waals surface area contributed by atoms with Crippen molar-refractivity contribution in [2.45, 2.75) is 175 Å². The highest BCUT2D eigenvalue weighted by molar-refractivity contribution is 5.70. The Balaban J connectivity index is 2.21. The first-order valence-corrected chi connectivity index (χ1v) is 16.1.